The van der Waals surface area contributed by atoms with Gasteiger partial charge < -0.3 is 29.2 Å². The van der Waals surface area contributed by atoms with Crippen molar-refractivity contribution < 1.29 is 38.7 Å². The molecule has 0 aromatic heterocycles. The SMILES string of the molecule is CCOC(=O)COc1c2cc(C(C)(C)C)cc1Cc1cc(C(C)(C)C)cc(c1OCC(=O)OCC)Sc1cc(C(C)(C)C)cc(c1O)Cc1cc(C(C)(C)C)cc(c1O)C2. The number of ether oxygens (including phenoxy) is 4. The molecule has 4 aromatic carbocycles. The lowest BCUT2D eigenvalue weighted by Crippen LogP contribution is -2.19. The van der Waals surface area contributed by atoms with Crippen molar-refractivity contribution in [1.29, 1.82) is 0 Å². The second kappa shape index (κ2) is 17.8. The predicted octanol–water partition coefficient (Wildman–Crippen LogP) is 11.4. The summed E-state index contributed by atoms with van der Waals surface area (Å²) in [6.45, 7) is 29.2. The molecule has 5 rings (SSSR count). The Labute approximate surface area is 362 Å². The maximum atomic E-state index is 12.9. The van der Waals surface area contributed by atoms with Crippen LogP contribution in [0.1, 0.15) is 153 Å². The summed E-state index contributed by atoms with van der Waals surface area (Å²) < 4.78 is 23.7. The van der Waals surface area contributed by atoms with Crippen molar-refractivity contribution in [2.75, 3.05) is 26.4 Å². The summed E-state index contributed by atoms with van der Waals surface area (Å²) in [6.07, 6.45) is 0.876. The maximum absolute atomic E-state index is 12.9. The first-order valence-electron chi connectivity index (χ1n) is 21.1. The van der Waals surface area contributed by atoms with E-state index in [0.29, 0.717) is 45.9 Å². The number of fused-ring (bicyclic) bond motifs is 8. The first-order chi connectivity index (χ1) is 27.8. The van der Waals surface area contributed by atoms with Gasteiger partial charge in [0, 0.05) is 24.8 Å². The molecule has 0 atom stereocenters. The van der Waals surface area contributed by atoms with Crippen LogP contribution in [0.2, 0.25) is 0 Å². The average Bonchev–Trinajstić information content (AvgIpc) is 3.11. The lowest BCUT2D eigenvalue weighted by molar-refractivity contribution is -0.146. The fourth-order valence-electron chi connectivity index (χ4n) is 7.27. The van der Waals surface area contributed by atoms with Gasteiger partial charge >= 0.3 is 11.9 Å². The van der Waals surface area contributed by atoms with Gasteiger partial charge in [0.15, 0.2) is 13.2 Å². The number of esters is 2. The number of aromatic hydroxyl groups is 2. The van der Waals surface area contributed by atoms with Gasteiger partial charge in [-0.3, -0.25) is 0 Å². The molecule has 0 spiro atoms. The third kappa shape index (κ3) is 11.0. The quantitative estimate of drug-likeness (QED) is 0.148. The fourth-order valence-corrected chi connectivity index (χ4v) is 8.39. The Kier molecular flexibility index (Phi) is 13.7. The minimum absolute atomic E-state index is 0.121. The van der Waals surface area contributed by atoms with Gasteiger partial charge in [0.1, 0.15) is 23.0 Å². The van der Waals surface area contributed by atoms with Crippen molar-refractivity contribution >= 4 is 23.7 Å². The van der Waals surface area contributed by atoms with Crippen molar-refractivity contribution in [3.05, 3.63) is 104 Å². The molecule has 8 bridgehead atoms. The van der Waals surface area contributed by atoms with Gasteiger partial charge in [-0.25, -0.2) is 9.59 Å². The molecule has 0 radical (unpaired) electrons. The van der Waals surface area contributed by atoms with Crippen LogP contribution in [0.5, 0.6) is 23.0 Å². The number of phenolic OH excluding ortho intramolecular Hbond substituents is 2. The normalized spacial score (nSPS) is 13.4. The molecule has 0 saturated carbocycles. The third-order valence-corrected chi connectivity index (χ3v) is 12.0. The summed E-state index contributed by atoms with van der Waals surface area (Å²) >= 11 is 1.39. The monoisotopic (exact) mass is 838 g/mol. The molecule has 9 heteroatoms. The summed E-state index contributed by atoms with van der Waals surface area (Å²) in [7, 11) is 0. The lowest BCUT2D eigenvalue weighted by atomic mass is 9.80. The molecule has 0 fully saturated rings. The zero-order valence-corrected chi connectivity index (χ0v) is 39.1. The molecule has 2 N–H and O–H groups in total. The van der Waals surface area contributed by atoms with Crippen LogP contribution in [-0.2, 0) is 60.0 Å². The van der Waals surface area contributed by atoms with Gasteiger partial charge in [-0.15, -0.1) is 0 Å². The van der Waals surface area contributed by atoms with Gasteiger partial charge in [-0.1, -0.05) is 131 Å². The van der Waals surface area contributed by atoms with Gasteiger partial charge in [0.25, 0.3) is 0 Å². The van der Waals surface area contributed by atoms with Crippen LogP contribution < -0.4 is 9.47 Å². The Bertz CT molecular complexity index is 2090. The molecular weight excluding hydrogens is 773 g/mol. The highest BCUT2D eigenvalue weighted by Crippen LogP contribution is 2.48. The van der Waals surface area contributed by atoms with Crippen LogP contribution in [0.3, 0.4) is 0 Å². The minimum atomic E-state index is -0.493. The van der Waals surface area contributed by atoms with E-state index in [1.54, 1.807) is 13.8 Å². The minimum Gasteiger partial charge on any atom is -0.507 e. The Morgan fingerprint density at radius 1 is 0.483 bits per heavy atom. The number of hydrogen-bond donors (Lipinski definition) is 2. The number of phenols is 2. The Morgan fingerprint density at radius 2 is 0.800 bits per heavy atom. The highest BCUT2D eigenvalue weighted by molar-refractivity contribution is 7.99. The Morgan fingerprint density at radius 3 is 1.22 bits per heavy atom. The van der Waals surface area contributed by atoms with Crippen molar-refractivity contribution in [1.82, 2.24) is 0 Å². The standard InChI is InChI=1S/C51H66O8S/c1-15-56-42(52)28-58-46-33-18-31-21-36(48(3,4)5)20-30(44(31)54)17-32-22-38(50(9,10)11)26-40(45(32)55)60-41-27-39(51(12,13)14)25-35(47(41)59-29-43(53)57-16-2)19-34(46)24-37(23-33)49(6,7)8/h20-27,54-55H,15-19,28-29H2,1-14H3. The summed E-state index contributed by atoms with van der Waals surface area (Å²) in [5.41, 5.74) is 7.54. The molecule has 324 valence electrons. The number of rotatable bonds is 8. The Balaban J connectivity index is 1.95. The fraction of sp³-hybridized carbons (Fsp3) is 0.490. The predicted molar refractivity (Wildman–Crippen MR) is 241 cm³/mol. The summed E-state index contributed by atoms with van der Waals surface area (Å²) in [4.78, 5) is 27.2. The van der Waals surface area contributed by atoms with Gasteiger partial charge in [-0.2, -0.15) is 0 Å². The largest absolute Gasteiger partial charge is 0.507 e. The second-order valence-electron chi connectivity index (χ2n) is 20.0. The van der Waals surface area contributed by atoms with Crippen LogP contribution in [0, 0.1) is 0 Å². The van der Waals surface area contributed by atoms with E-state index in [0.717, 1.165) is 43.8 Å². The van der Waals surface area contributed by atoms with E-state index in [-0.39, 0.29) is 66.0 Å². The zero-order chi connectivity index (χ0) is 44.5. The summed E-state index contributed by atoms with van der Waals surface area (Å²) in [6, 6.07) is 16.6. The van der Waals surface area contributed by atoms with Crippen molar-refractivity contribution in [2.45, 2.75) is 148 Å². The van der Waals surface area contributed by atoms with E-state index < -0.39 is 11.9 Å². The van der Waals surface area contributed by atoms with E-state index in [9.17, 15) is 19.8 Å². The van der Waals surface area contributed by atoms with E-state index in [4.69, 9.17) is 18.9 Å². The molecule has 0 unspecified atom stereocenters. The van der Waals surface area contributed by atoms with Crippen LogP contribution in [0.25, 0.3) is 0 Å². The number of hydrogen-bond acceptors (Lipinski definition) is 9. The van der Waals surface area contributed by atoms with E-state index >= 15 is 0 Å². The van der Waals surface area contributed by atoms with Crippen molar-refractivity contribution in [3.63, 3.8) is 0 Å². The van der Waals surface area contributed by atoms with Gasteiger partial charge in [0.2, 0.25) is 0 Å². The molecule has 0 amide bonds. The van der Waals surface area contributed by atoms with Crippen LogP contribution >= 0.6 is 11.8 Å². The number of carbonyl (C=O) groups excluding carboxylic acids is 2. The number of benzene rings is 4. The van der Waals surface area contributed by atoms with Crippen LogP contribution in [0.15, 0.2) is 58.3 Å². The molecule has 4 aromatic rings. The zero-order valence-electron chi connectivity index (χ0n) is 38.3. The van der Waals surface area contributed by atoms with E-state index in [1.165, 1.54) is 11.8 Å². The summed E-state index contributed by atoms with van der Waals surface area (Å²) in [5.74, 6) is 0.308. The smallest absolute Gasteiger partial charge is 0.344 e. The molecule has 1 heterocycles. The van der Waals surface area contributed by atoms with E-state index in [1.807, 2.05) is 18.2 Å². The van der Waals surface area contributed by atoms with Crippen molar-refractivity contribution in [2.24, 2.45) is 0 Å². The maximum Gasteiger partial charge on any atom is 0.344 e. The molecule has 0 aliphatic carbocycles. The van der Waals surface area contributed by atoms with Crippen molar-refractivity contribution in [3.8, 4) is 23.0 Å². The average molecular weight is 839 g/mol. The molecular formula is C51H66O8S. The van der Waals surface area contributed by atoms with Crippen LogP contribution in [0.4, 0.5) is 0 Å². The highest BCUT2D eigenvalue weighted by Gasteiger charge is 2.29. The third-order valence-electron chi connectivity index (χ3n) is 10.9. The molecule has 1 aliphatic rings. The number of carbonyl (C=O) groups is 2. The van der Waals surface area contributed by atoms with Gasteiger partial charge in [-0.05, 0) is 97.7 Å². The molecule has 60 heavy (non-hydrogen) atoms. The second-order valence-corrected chi connectivity index (χ2v) is 21.1. The van der Waals surface area contributed by atoms with Gasteiger partial charge in [0.05, 0.1) is 23.0 Å². The molecule has 8 nitrogen and oxygen atoms in total. The molecule has 1 aliphatic heterocycles. The lowest BCUT2D eigenvalue weighted by Gasteiger charge is -2.28. The summed E-state index contributed by atoms with van der Waals surface area (Å²) in [5, 5.41) is 24.5. The van der Waals surface area contributed by atoms with E-state index in [2.05, 4.69) is 113 Å². The molecule has 0 saturated heterocycles. The van der Waals surface area contributed by atoms with Crippen LogP contribution in [-0.4, -0.2) is 48.6 Å². The topological polar surface area (TPSA) is 112 Å². The first kappa shape index (κ1) is 46.4. The first-order valence-corrected chi connectivity index (χ1v) is 21.9. The highest BCUT2D eigenvalue weighted by atomic mass is 32.2. The Hall–Kier alpha value is -4.63.